The van der Waals surface area contributed by atoms with E-state index in [0.29, 0.717) is 0 Å². The molecule has 0 radical (unpaired) electrons. The number of allylic oxidation sites excluding steroid dienone is 1. The first kappa shape index (κ1) is 17.8. The molecule has 0 atom stereocenters. The van der Waals surface area contributed by atoms with E-state index >= 15 is 0 Å². The number of hydrogen-bond acceptors (Lipinski definition) is 1. The summed E-state index contributed by atoms with van der Waals surface area (Å²) in [5.74, 6) is 0. The summed E-state index contributed by atoms with van der Waals surface area (Å²) in [6.45, 7) is 16.6. The second kappa shape index (κ2) is 14.4. The lowest BCUT2D eigenvalue weighted by Crippen LogP contribution is -2.31. The van der Waals surface area contributed by atoms with Crippen LogP contribution in [0, 0.1) is 0 Å². The van der Waals surface area contributed by atoms with Crippen LogP contribution in [0.1, 0.15) is 53.9 Å². The Morgan fingerprint density at radius 3 is 1.81 bits per heavy atom. The number of rotatable bonds is 2. The van der Waals surface area contributed by atoms with Gasteiger partial charge in [-0.1, -0.05) is 39.0 Å². The molecule has 0 aromatic heterocycles. The molecule has 0 aromatic carbocycles. The molecule has 0 fully saturated rings. The summed E-state index contributed by atoms with van der Waals surface area (Å²) in [6, 6.07) is 0.722. The molecular formula is C15H31N. The van der Waals surface area contributed by atoms with Gasteiger partial charge in [0.15, 0.2) is 0 Å². The smallest absolute Gasteiger partial charge is 0.00388 e. The minimum Gasteiger partial charge on any atom is -0.300 e. The maximum Gasteiger partial charge on any atom is 0.00388 e. The lowest BCUT2D eigenvalue weighted by molar-refractivity contribution is 0.234. The van der Waals surface area contributed by atoms with Gasteiger partial charge in [-0.2, -0.15) is 0 Å². The summed E-state index contributed by atoms with van der Waals surface area (Å²) in [6.07, 6.45) is 10.0. The van der Waals surface area contributed by atoms with Gasteiger partial charge in [0.1, 0.15) is 0 Å². The first-order valence-electron chi connectivity index (χ1n) is 6.72. The molecule has 0 bridgehead atoms. The van der Waals surface area contributed by atoms with Crippen LogP contribution in [0.25, 0.3) is 0 Å². The highest BCUT2D eigenvalue weighted by atomic mass is 15.1. The molecule has 96 valence electrons. The third-order valence-electron chi connectivity index (χ3n) is 2.35. The van der Waals surface area contributed by atoms with E-state index in [2.05, 4.69) is 44.4 Å². The van der Waals surface area contributed by atoms with Gasteiger partial charge < -0.3 is 4.90 Å². The summed E-state index contributed by atoms with van der Waals surface area (Å²) in [5.41, 5.74) is 0. The molecular weight excluding hydrogens is 194 g/mol. The minimum atomic E-state index is 0.722. The first-order valence-corrected chi connectivity index (χ1v) is 6.72. The van der Waals surface area contributed by atoms with Crippen LogP contribution in [0.15, 0.2) is 24.8 Å². The predicted molar refractivity (Wildman–Crippen MR) is 76.9 cm³/mol. The third-order valence-corrected chi connectivity index (χ3v) is 2.35. The molecule has 16 heavy (non-hydrogen) atoms. The van der Waals surface area contributed by atoms with Gasteiger partial charge in [0.25, 0.3) is 0 Å². The summed E-state index contributed by atoms with van der Waals surface area (Å²) < 4.78 is 0. The highest BCUT2D eigenvalue weighted by molar-refractivity contribution is 4.87. The van der Waals surface area contributed by atoms with Gasteiger partial charge in [-0.05, 0) is 33.1 Å². The first-order chi connectivity index (χ1) is 7.72. The number of nitrogens with zero attached hydrogens (tertiary/aromatic N) is 1. The topological polar surface area (TPSA) is 3.24 Å². The van der Waals surface area contributed by atoms with Crippen LogP contribution >= 0.6 is 0 Å². The Labute approximate surface area is 103 Å². The van der Waals surface area contributed by atoms with Crippen molar-refractivity contribution < 1.29 is 0 Å². The van der Waals surface area contributed by atoms with Crippen LogP contribution in [0.5, 0.6) is 0 Å². The van der Waals surface area contributed by atoms with Crippen molar-refractivity contribution in [1.82, 2.24) is 4.90 Å². The van der Waals surface area contributed by atoms with Crippen LogP contribution in [-0.2, 0) is 0 Å². The van der Waals surface area contributed by atoms with E-state index in [0.717, 1.165) is 12.5 Å². The molecule has 1 nitrogen and oxygen atoms in total. The van der Waals surface area contributed by atoms with Crippen LogP contribution < -0.4 is 0 Å². The standard InChI is InChI=1S/C9H17N.C4H8.C2H6/c1-9(2)10-7-5-3-4-6-8-10;1-3-4-2;1-2/h3-4,9H,5-8H2,1-2H3;3H,1,4H2,2H3;1-2H3. The van der Waals surface area contributed by atoms with Gasteiger partial charge in [-0.15, -0.1) is 6.58 Å². The maximum atomic E-state index is 3.48. The van der Waals surface area contributed by atoms with Gasteiger partial charge in [0.2, 0.25) is 0 Å². The van der Waals surface area contributed by atoms with Crippen molar-refractivity contribution in [2.45, 2.75) is 59.9 Å². The van der Waals surface area contributed by atoms with E-state index < -0.39 is 0 Å². The Balaban J connectivity index is 0. The molecule has 0 aromatic rings. The Hall–Kier alpha value is -0.560. The molecule has 0 unspecified atom stereocenters. The highest BCUT2D eigenvalue weighted by Crippen LogP contribution is 2.05. The number of hydrogen-bond donors (Lipinski definition) is 0. The SMILES string of the molecule is C=CCC.CC.CC(C)N1CCC=CCC1. The summed E-state index contributed by atoms with van der Waals surface area (Å²) in [4.78, 5) is 2.53. The molecule has 0 N–H and O–H groups in total. The second-order valence-corrected chi connectivity index (χ2v) is 3.88. The summed E-state index contributed by atoms with van der Waals surface area (Å²) in [5, 5.41) is 0. The van der Waals surface area contributed by atoms with Crippen molar-refractivity contribution in [1.29, 1.82) is 0 Å². The molecule has 0 aliphatic carbocycles. The Morgan fingerprint density at radius 2 is 1.56 bits per heavy atom. The molecule has 1 rings (SSSR count). The lowest BCUT2D eigenvalue weighted by Gasteiger charge is -2.23. The zero-order valence-corrected chi connectivity index (χ0v) is 12.0. The zero-order chi connectivity index (χ0) is 12.8. The van der Waals surface area contributed by atoms with Crippen LogP contribution in [0.4, 0.5) is 0 Å². The van der Waals surface area contributed by atoms with Crippen molar-refractivity contribution >= 4 is 0 Å². The van der Waals surface area contributed by atoms with E-state index in [1.165, 1.54) is 25.9 Å². The van der Waals surface area contributed by atoms with Crippen LogP contribution in [0.2, 0.25) is 0 Å². The van der Waals surface area contributed by atoms with Crippen molar-refractivity contribution in [2.75, 3.05) is 13.1 Å². The van der Waals surface area contributed by atoms with Crippen molar-refractivity contribution in [3.63, 3.8) is 0 Å². The Morgan fingerprint density at radius 1 is 1.19 bits per heavy atom. The van der Waals surface area contributed by atoms with E-state index in [1.807, 2.05) is 19.9 Å². The zero-order valence-electron chi connectivity index (χ0n) is 12.0. The van der Waals surface area contributed by atoms with E-state index in [-0.39, 0.29) is 0 Å². The monoisotopic (exact) mass is 225 g/mol. The average Bonchev–Trinajstić information content (AvgIpc) is 2.60. The molecule has 1 aliphatic rings. The van der Waals surface area contributed by atoms with Gasteiger partial charge in [0.05, 0.1) is 0 Å². The average molecular weight is 225 g/mol. The van der Waals surface area contributed by atoms with Gasteiger partial charge >= 0.3 is 0 Å². The molecule has 0 saturated carbocycles. The minimum absolute atomic E-state index is 0.722. The van der Waals surface area contributed by atoms with Crippen molar-refractivity contribution in [3.8, 4) is 0 Å². The fraction of sp³-hybridized carbons (Fsp3) is 0.733. The van der Waals surface area contributed by atoms with Crippen molar-refractivity contribution in [2.24, 2.45) is 0 Å². The van der Waals surface area contributed by atoms with Crippen molar-refractivity contribution in [3.05, 3.63) is 24.8 Å². The molecule has 1 aliphatic heterocycles. The Kier molecular flexibility index (Phi) is 16.1. The fourth-order valence-electron chi connectivity index (χ4n) is 1.34. The molecule has 0 amide bonds. The predicted octanol–water partition coefficient (Wildman–Crippen LogP) is 4.66. The maximum absolute atomic E-state index is 3.48. The van der Waals surface area contributed by atoms with Crippen LogP contribution in [0.3, 0.4) is 0 Å². The third kappa shape index (κ3) is 11.5. The largest absolute Gasteiger partial charge is 0.300 e. The van der Waals surface area contributed by atoms with Gasteiger partial charge in [-0.25, -0.2) is 0 Å². The molecule has 0 spiro atoms. The van der Waals surface area contributed by atoms with E-state index in [4.69, 9.17) is 0 Å². The molecule has 1 heteroatoms. The lowest BCUT2D eigenvalue weighted by atomic mass is 10.3. The molecule has 0 saturated heterocycles. The fourth-order valence-corrected chi connectivity index (χ4v) is 1.34. The van der Waals surface area contributed by atoms with Gasteiger partial charge in [-0.3, -0.25) is 0 Å². The van der Waals surface area contributed by atoms with Gasteiger partial charge in [0, 0.05) is 19.1 Å². The molecule has 1 heterocycles. The Bertz CT molecular complexity index is 149. The van der Waals surface area contributed by atoms with Crippen LogP contribution in [-0.4, -0.2) is 24.0 Å². The summed E-state index contributed by atoms with van der Waals surface area (Å²) >= 11 is 0. The normalized spacial score (nSPS) is 15.4. The highest BCUT2D eigenvalue weighted by Gasteiger charge is 2.07. The second-order valence-electron chi connectivity index (χ2n) is 3.88. The quantitative estimate of drug-likeness (QED) is 0.618. The van der Waals surface area contributed by atoms with E-state index in [1.54, 1.807) is 0 Å². The van der Waals surface area contributed by atoms with E-state index in [9.17, 15) is 0 Å². The summed E-state index contributed by atoms with van der Waals surface area (Å²) in [7, 11) is 0.